The van der Waals surface area contributed by atoms with Crippen LogP contribution < -0.4 is 0 Å². The summed E-state index contributed by atoms with van der Waals surface area (Å²) >= 11 is 0. The van der Waals surface area contributed by atoms with Crippen molar-refractivity contribution >= 4 is 17.9 Å². The van der Waals surface area contributed by atoms with Gasteiger partial charge in [0.25, 0.3) is 0 Å². The van der Waals surface area contributed by atoms with E-state index < -0.39 is 6.10 Å². The van der Waals surface area contributed by atoms with Crippen LogP contribution in [0.5, 0.6) is 0 Å². The second kappa shape index (κ2) is 66.9. The van der Waals surface area contributed by atoms with Crippen molar-refractivity contribution in [3.63, 3.8) is 0 Å². The third kappa shape index (κ3) is 64.2. The lowest BCUT2D eigenvalue weighted by Gasteiger charge is -2.18. The first-order chi connectivity index (χ1) is 38.5. The number of rotatable bonds is 64. The van der Waals surface area contributed by atoms with Crippen molar-refractivity contribution in [1.29, 1.82) is 0 Å². The van der Waals surface area contributed by atoms with Crippen LogP contribution >= 0.6 is 0 Å². The normalized spacial score (nSPS) is 12.3. The van der Waals surface area contributed by atoms with E-state index in [1.807, 2.05) is 0 Å². The van der Waals surface area contributed by atoms with Gasteiger partial charge in [-0.05, 0) is 57.8 Å². The monoisotopic (exact) mass is 1090 g/mol. The molecule has 1 unspecified atom stereocenters. The zero-order valence-corrected chi connectivity index (χ0v) is 52.5. The Morgan fingerprint density at radius 3 is 0.782 bits per heavy atom. The number of carbonyl (C=O) groups is 3. The highest BCUT2D eigenvalue weighted by atomic mass is 16.6. The predicted molar refractivity (Wildman–Crippen MR) is 339 cm³/mol. The van der Waals surface area contributed by atoms with Crippen LogP contribution in [0.4, 0.5) is 0 Å². The van der Waals surface area contributed by atoms with Gasteiger partial charge in [-0.3, -0.25) is 14.4 Å². The number of carbonyl (C=O) groups excluding carboxylic acids is 3. The molecular formula is C72H132O6. The third-order valence-corrected chi connectivity index (χ3v) is 15.6. The molecule has 0 aliphatic carbocycles. The smallest absolute Gasteiger partial charge is 0.306 e. The van der Waals surface area contributed by atoms with Gasteiger partial charge in [0.2, 0.25) is 0 Å². The minimum Gasteiger partial charge on any atom is -0.462 e. The molecular weight excluding hydrogens is 961 g/mol. The van der Waals surface area contributed by atoms with E-state index in [4.69, 9.17) is 14.2 Å². The SMILES string of the molecule is CC/C=C\C/C=C\C/C=C\C/C=C\CCCCCCC(=O)OC(COC(=O)CCCCCCCCCCCCCC)COC(=O)CCCCCCCCCCCCCCCCCCCCCCCCCCCCCCCCC. The van der Waals surface area contributed by atoms with Gasteiger partial charge in [-0.2, -0.15) is 0 Å². The largest absolute Gasteiger partial charge is 0.462 e. The van der Waals surface area contributed by atoms with Crippen LogP contribution in [-0.2, 0) is 28.6 Å². The van der Waals surface area contributed by atoms with Gasteiger partial charge in [0.1, 0.15) is 13.2 Å². The van der Waals surface area contributed by atoms with Gasteiger partial charge in [0.15, 0.2) is 6.10 Å². The minimum atomic E-state index is -0.783. The van der Waals surface area contributed by atoms with Crippen molar-refractivity contribution in [3.8, 4) is 0 Å². The molecule has 0 saturated carbocycles. The molecule has 0 spiro atoms. The third-order valence-electron chi connectivity index (χ3n) is 15.6. The molecule has 0 N–H and O–H groups in total. The maximum absolute atomic E-state index is 12.9. The van der Waals surface area contributed by atoms with Crippen molar-refractivity contribution in [2.24, 2.45) is 0 Å². The lowest BCUT2D eigenvalue weighted by molar-refractivity contribution is -0.167. The fraction of sp³-hybridized carbons (Fsp3) is 0.847. The predicted octanol–water partition coefficient (Wildman–Crippen LogP) is 23.7. The van der Waals surface area contributed by atoms with E-state index in [1.165, 1.54) is 238 Å². The Bertz CT molecular complexity index is 1350. The first-order valence-electron chi connectivity index (χ1n) is 34.6. The summed E-state index contributed by atoms with van der Waals surface area (Å²) in [6.07, 6.45) is 84.4. The lowest BCUT2D eigenvalue weighted by Crippen LogP contribution is -2.30. The molecule has 0 aliphatic heterocycles. The molecule has 0 fully saturated rings. The molecule has 0 amide bonds. The number of hydrogen-bond donors (Lipinski definition) is 0. The lowest BCUT2D eigenvalue weighted by atomic mass is 10.0. The van der Waals surface area contributed by atoms with E-state index in [2.05, 4.69) is 69.4 Å². The molecule has 0 bridgehead atoms. The zero-order valence-electron chi connectivity index (χ0n) is 52.5. The van der Waals surface area contributed by atoms with E-state index in [9.17, 15) is 14.4 Å². The standard InChI is InChI=1S/C72H132O6/c1-4-7-10-13-16-19-22-25-27-29-30-31-32-33-34-35-36-37-38-39-40-41-42-44-45-47-50-53-56-59-62-65-71(74)77-68-69(67-76-70(73)64-61-58-55-52-49-24-21-18-15-12-9-6-3)78-72(75)66-63-60-57-54-51-48-46-43-28-26-23-20-17-14-11-8-5-2/h8,11,17,20,26,28,46,48,69H,4-7,9-10,12-16,18-19,21-25,27,29-45,47,49-68H2,1-3H3/b11-8-,20-17-,28-26-,48-46-. The van der Waals surface area contributed by atoms with Gasteiger partial charge in [0.05, 0.1) is 0 Å². The Labute approximate surface area is 486 Å². The molecule has 1 atom stereocenters. The summed E-state index contributed by atoms with van der Waals surface area (Å²) in [4.78, 5) is 38.3. The fourth-order valence-corrected chi connectivity index (χ4v) is 10.4. The van der Waals surface area contributed by atoms with Crippen LogP contribution in [0.25, 0.3) is 0 Å². The summed E-state index contributed by atoms with van der Waals surface area (Å²) in [7, 11) is 0. The Morgan fingerprint density at radius 1 is 0.269 bits per heavy atom. The number of esters is 3. The Balaban J connectivity index is 4.13. The van der Waals surface area contributed by atoms with Crippen molar-refractivity contribution in [3.05, 3.63) is 48.6 Å². The maximum atomic E-state index is 12.9. The van der Waals surface area contributed by atoms with Crippen LogP contribution in [-0.4, -0.2) is 37.2 Å². The average Bonchev–Trinajstić information content (AvgIpc) is 3.44. The van der Waals surface area contributed by atoms with Crippen LogP contribution in [0.1, 0.15) is 374 Å². The summed E-state index contributed by atoms with van der Waals surface area (Å²) in [5.41, 5.74) is 0. The quantitative estimate of drug-likeness (QED) is 0.0261. The van der Waals surface area contributed by atoms with E-state index in [-0.39, 0.29) is 31.1 Å². The number of unbranched alkanes of at least 4 members (excludes halogenated alkanes) is 45. The highest BCUT2D eigenvalue weighted by Gasteiger charge is 2.19. The van der Waals surface area contributed by atoms with Gasteiger partial charge in [-0.25, -0.2) is 0 Å². The Kier molecular flexibility index (Phi) is 64.6. The first kappa shape index (κ1) is 75.4. The van der Waals surface area contributed by atoms with Crippen molar-refractivity contribution in [1.82, 2.24) is 0 Å². The Morgan fingerprint density at radius 2 is 0.500 bits per heavy atom. The van der Waals surface area contributed by atoms with Crippen LogP contribution in [0.2, 0.25) is 0 Å². The molecule has 0 rings (SSSR count). The van der Waals surface area contributed by atoms with E-state index in [0.717, 1.165) is 96.3 Å². The molecule has 0 radical (unpaired) electrons. The molecule has 456 valence electrons. The molecule has 0 aromatic heterocycles. The number of allylic oxidation sites excluding steroid dienone is 8. The highest BCUT2D eigenvalue weighted by Crippen LogP contribution is 2.19. The number of hydrogen-bond acceptors (Lipinski definition) is 6. The summed E-state index contributed by atoms with van der Waals surface area (Å²) in [6, 6.07) is 0. The van der Waals surface area contributed by atoms with Gasteiger partial charge in [-0.1, -0.05) is 345 Å². The number of ether oxygens (including phenoxy) is 3. The summed E-state index contributed by atoms with van der Waals surface area (Å²) in [5, 5.41) is 0. The minimum absolute atomic E-state index is 0.0784. The molecule has 6 nitrogen and oxygen atoms in total. The van der Waals surface area contributed by atoms with Gasteiger partial charge in [-0.15, -0.1) is 0 Å². The second-order valence-electron chi connectivity index (χ2n) is 23.4. The van der Waals surface area contributed by atoms with E-state index in [0.29, 0.717) is 19.3 Å². The topological polar surface area (TPSA) is 78.9 Å². The van der Waals surface area contributed by atoms with Crippen LogP contribution in [0.15, 0.2) is 48.6 Å². The molecule has 78 heavy (non-hydrogen) atoms. The molecule has 6 heteroatoms. The van der Waals surface area contributed by atoms with Gasteiger partial charge < -0.3 is 14.2 Å². The van der Waals surface area contributed by atoms with Crippen LogP contribution in [0.3, 0.4) is 0 Å². The maximum Gasteiger partial charge on any atom is 0.306 e. The molecule has 0 aromatic carbocycles. The molecule has 0 aromatic rings. The molecule has 0 heterocycles. The van der Waals surface area contributed by atoms with Gasteiger partial charge >= 0.3 is 17.9 Å². The van der Waals surface area contributed by atoms with E-state index >= 15 is 0 Å². The zero-order chi connectivity index (χ0) is 56.4. The van der Waals surface area contributed by atoms with Gasteiger partial charge in [0, 0.05) is 19.3 Å². The van der Waals surface area contributed by atoms with Crippen molar-refractivity contribution < 1.29 is 28.6 Å². The Hall–Kier alpha value is -2.63. The molecule has 0 saturated heterocycles. The second-order valence-corrected chi connectivity index (χ2v) is 23.4. The molecule has 0 aliphatic rings. The van der Waals surface area contributed by atoms with Crippen molar-refractivity contribution in [2.75, 3.05) is 13.2 Å². The van der Waals surface area contributed by atoms with Crippen LogP contribution in [0, 0.1) is 0 Å². The average molecular weight is 1090 g/mol. The summed E-state index contributed by atoms with van der Waals surface area (Å²) in [6.45, 7) is 6.56. The first-order valence-corrected chi connectivity index (χ1v) is 34.6. The summed E-state index contributed by atoms with van der Waals surface area (Å²) < 4.78 is 16.9. The van der Waals surface area contributed by atoms with E-state index in [1.54, 1.807) is 0 Å². The highest BCUT2D eigenvalue weighted by molar-refractivity contribution is 5.71. The van der Waals surface area contributed by atoms with Crippen molar-refractivity contribution in [2.45, 2.75) is 380 Å². The summed E-state index contributed by atoms with van der Waals surface area (Å²) in [5.74, 6) is -0.880. The fourth-order valence-electron chi connectivity index (χ4n) is 10.4.